The molecule has 1 N–H and O–H groups in total. The van der Waals surface area contributed by atoms with Crippen molar-refractivity contribution in [2.45, 2.75) is 20.4 Å². The van der Waals surface area contributed by atoms with E-state index in [1.54, 1.807) is 13.0 Å². The van der Waals surface area contributed by atoms with Gasteiger partial charge in [-0.15, -0.1) is 0 Å². The fraction of sp³-hybridized carbons (Fsp3) is 0.235. The summed E-state index contributed by atoms with van der Waals surface area (Å²) in [5.41, 5.74) is 2.78. The lowest BCUT2D eigenvalue weighted by atomic mass is 10.0. The van der Waals surface area contributed by atoms with E-state index < -0.39 is 0 Å². The first-order valence-corrected chi connectivity index (χ1v) is 7.41. The summed E-state index contributed by atoms with van der Waals surface area (Å²) in [7, 11) is 0. The molecule has 2 heterocycles. The summed E-state index contributed by atoms with van der Waals surface area (Å²) < 4.78 is 6.44. The third-order valence-electron chi connectivity index (χ3n) is 3.58. The number of hydrogen-bond acceptors (Lipinski definition) is 4. The molecule has 0 spiro atoms. The smallest absolute Gasteiger partial charge is 0.327 e. The molecule has 0 fully saturated rings. The number of aromatic nitrogens is 3. The van der Waals surface area contributed by atoms with E-state index in [1.165, 1.54) is 4.68 Å². The average molecular weight is 311 g/mol. The number of nitrogens with one attached hydrogen (secondary N) is 1. The molecule has 118 valence electrons. The van der Waals surface area contributed by atoms with E-state index in [9.17, 15) is 9.59 Å². The quantitative estimate of drug-likeness (QED) is 0.750. The fourth-order valence-corrected chi connectivity index (χ4v) is 2.68. The van der Waals surface area contributed by atoms with Crippen LogP contribution >= 0.6 is 0 Å². The molecule has 0 aliphatic rings. The SMILES string of the molecule is CCOC(=O)Cn1nc(C)c2c(-c3ccccc3)cc(=O)[nH]c21. The van der Waals surface area contributed by atoms with Crippen molar-refractivity contribution in [3.05, 3.63) is 52.4 Å². The van der Waals surface area contributed by atoms with Gasteiger partial charge in [-0.1, -0.05) is 30.3 Å². The lowest BCUT2D eigenvalue weighted by Gasteiger charge is -2.05. The van der Waals surface area contributed by atoms with Gasteiger partial charge in [-0.2, -0.15) is 5.10 Å². The van der Waals surface area contributed by atoms with Gasteiger partial charge >= 0.3 is 5.97 Å². The number of rotatable bonds is 4. The van der Waals surface area contributed by atoms with E-state index in [1.807, 2.05) is 37.3 Å². The van der Waals surface area contributed by atoms with E-state index in [0.717, 1.165) is 22.2 Å². The van der Waals surface area contributed by atoms with Gasteiger partial charge in [-0.05, 0) is 25.0 Å². The molecule has 0 saturated carbocycles. The zero-order valence-electron chi connectivity index (χ0n) is 13.0. The Kier molecular flexibility index (Phi) is 3.97. The Labute approximate surface area is 132 Å². The highest BCUT2D eigenvalue weighted by molar-refractivity contribution is 5.95. The highest BCUT2D eigenvalue weighted by Crippen LogP contribution is 2.28. The van der Waals surface area contributed by atoms with Crippen LogP contribution in [-0.2, 0) is 16.1 Å². The minimum Gasteiger partial charge on any atom is -0.465 e. The number of aryl methyl sites for hydroxylation is 1. The van der Waals surface area contributed by atoms with Crippen molar-refractivity contribution >= 4 is 17.0 Å². The molecule has 0 unspecified atom stereocenters. The molecule has 2 aromatic heterocycles. The Hall–Kier alpha value is -2.89. The monoisotopic (exact) mass is 311 g/mol. The van der Waals surface area contributed by atoms with Crippen molar-refractivity contribution in [2.75, 3.05) is 6.61 Å². The maximum absolute atomic E-state index is 12.0. The number of esters is 1. The summed E-state index contributed by atoms with van der Waals surface area (Å²) in [6, 6.07) is 11.2. The Morgan fingerprint density at radius 1 is 1.30 bits per heavy atom. The molecule has 1 aromatic carbocycles. The molecule has 0 aliphatic carbocycles. The lowest BCUT2D eigenvalue weighted by molar-refractivity contribution is -0.143. The van der Waals surface area contributed by atoms with E-state index in [0.29, 0.717) is 12.3 Å². The topological polar surface area (TPSA) is 77.0 Å². The number of carbonyl (C=O) groups is 1. The maximum atomic E-state index is 12.0. The van der Waals surface area contributed by atoms with E-state index in [4.69, 9.17) is 4.74 Å². The Bertz CT molecular complexity index is 910. The summed E-state index contributed by atoms with van der Waals surface area (Å²) in [6.07, 6.45) is 0. The van der Waals surface area contributed by atoms with Crippen molar-refractivity contribution in [1.29, 1.82) is 0 Å². The van der Waals surface area contributed by atoms with E-state index in [-0.39, 0.29) is 18.1 Å². The van der Waals surface area contributed by atoms with Gasteiger partial charge in [0, 0.05) is 11.5 Å². The highest BCUT2D eigenvalue weighted by atomic mass is 16.5. The van der Waals surface area contributed by atoms with Gasteiger partial charge in [0.15, 0.2) is 0 Å². The minimum absolute atomic E-state index is 0.0354. The number of H-pyrrole nitrogens is 1. The summed E-state index contributed by atoms with van der Waals surface area (Å²) in [6.45, 7) is 3.88. The molecule has 0 radical (unpaired) electrons. The maximum Gasteiger partial charge on any atom is 0.327 e. The second kappa shape index (κ2) is 6.08. The van der Waals surface area contributed by atoms with Crippen LogP contribution in [0.3, 0.4) is 0 Å². The van der Waals surface area contributed by atoms with Crippen molar-refractivity contribution in [2.24, 2.45) is 0 Å². The van der Waals surface area contributed by atoms with Crippen LogP contribution in [0.2, 0.25) is 0 Å². The summed E-state index contributed by atoms with van der Waals surface area (Å²) >= 11 is 0. The average Bonchev–Trinajstić information content (AvgIpc) is 2.83. The van der Waals surface area contributed by atoms with Crippen LogP contribution in [0.5, 0.6) is 0 Å². The van der Waals surface area contributed by atoms with Gasteiger partial charge in [0.2, 0.25) is 5.56 Å². The molecule has 0 saturated heterocycles. The number of pyridine rings is 1. The Morgan fingerprint density at radius 2 is 2.04 bits per heavy atom. The number of carbonyl (C=O) groups excluding carboxylic acids is 1. The number of fused-ring (bicyclic) bond motifs is 1. The van der Waals surface area contributed by atoms with Crippen molar-refractivity contribution in [1.82, 2.24) is 14.8 Å². The standard InChI is InChI=1S/C17H17N3O3/c1-3-23-15(22)10-20-17-16(11(2)19-20)13(9-14(21)18-17)12-7-5-4-6-8-12/h4-9H,3,10H2,1-2H3,(H,18,21). The van der Waals surface area contributed by atoms with Gasteiger partial charge in [0.25, 0.3) is 0 Å². The highest BCUT2D eigenvalue weighted by Gasteiger charge is 2.16. The number of hydrogen-bond donors (Lipinski definition) is 1. The van der Waals surface area contributed by atoms with Crippen LogP contribution in [0.1, 0.15) is 12.6 Å². The molecule has 6 heteroatoms. The van der Waals surface area contributed by atoms with E-state index in [2.05, 4.69) is 10.1 Å². The normalized spacial score (nSPS) is 10.9. The zero-order chi connectivity index (χ0) is 16.4. The van der Waals surface area contributed by atoms with Crippen LogP contribution in [-0.4, -0.2) is 27.3 Å². The predicted molar refractivity (Wildman–Crippen MR) is 87.2 cm³/mol. The van der Waals surface area contributed by atoms with Gasteiger partial charge in [-0.25, -0.2) is 4.68 Å². The molecule has 3 aromatic rings. The molecule has 6 nitrogen and oxygen atoms in total. The molecule has 0 atom stereocenters. The molecule has 0 aliphatic heterocycles. The molecule has 23 heavy (non-hydrogen) atoms. The van der Waals surface area contributed by atoms with E-state index >= 15 is 0 Å². The number of ether oxygens (including phenoxy) is 1. The van der Waals surface area contributed by atoms with Crippen LogP contribution in [0.4, 0.5) is 0 Å². The molecule has 0 bridgehead atoms. The van der Waals surface area contributed by atoms with Gasteiger partial charge in [0.05, 0.1) is 12.3 Å². The third kappa shape index (κ3) is 2.88. The van der Waals surface area contributed by atoms with Crippen molar-refractivity contribution < 1.29 is 9.53 Å². The van der Waals surface area contributed by atoms with Gasteiger partial charge in [0.1, 0.15) is 12.2 Å². The van der Waals surface area contributed by atoms with Crippen LogP contribution in [0.25, 0.3) is 22.2 Å². The third-order valence-corrected chi connectivity index (χ3v) is 3.58. The first-order valence-electron chi connectivity index (χ1n) is 7.41. The molecule has 0 amide bonds. The number of benzene rings is 1. The molecular formula is C17H17N3O3. The second-order valence-corrected chi connectivity index (χ2v) is 5.18. The molecule has 3 rings (SSSR count). The largest absolute Gasteiger partial charge is 0.465 e. The fourth-order valence-electron chi connectivity index (χ4n) is 2.68. The summed E-state index contributed by atoms with van der Waals surface area (Å²) in [4.78, 5) is 26.5. The summed E-state index contributed by atoms with van der Waals surface area (Å²) in [5.74, 6) is -0.386. The van der Waals surface area contributed by atoms with Gasteiger partial charge < -0.3 is 9.72 Å². The van der Waals surface area contributed by atoms with Crippen LogP contribution < -0.4 is 5.56 Å². The summed E-state index contributed by atoms with van der Waals surface area (Å²) in [5, 5.41) is 5.22. The Morgan fingerprint density at radius 3 is 2.74 bits per heavy atom. The predicted octanol–water partition coefficient (Wildman–Crippen LogP) is 2.26. The van der Waals surface area contributed by atoms with Crippen molar-refractivity contribution in [3.63, 3.8) is 0 Å². The Balaban J connectivity index is 2.19. The second-order valence-electron chi connectivity index (χ2n) is 5.18. The number of aromatic amines is 1. The first-order chi connectivity index (χ1) is 11.1. The molecular weight excluding hydrogens is 294 g/mol. The zero-order valence-corrected chi connectivity index (χ0v) is 13.0. The van der Waals surface area contributed by atoms with Gasteiger partial charge in [-0.3, -0.25) is 9.59 Å². The lowest BCUT2D eigenvalue weighted by Crippen LogP contribution is -2.16. The van der Waals surface area contributed by atoms with Crippen LogP contribution in [0, 0.1) is 6.92 Å². The van der Waals surface area contributed by atoms with Crippen LogP contribution in [0.15, 0.2) is 41.2 Å². The number of nitrogens with zero attached hydrogens (tertiary/aromatic N) is 2. The minimum atomic E-state index is -0.386. The van der Waals surface area contributed by atoms with Crippen molar-refractivity contribution in [3.8, 4) is 11.1 Å². The first kappa shape index (κ1) is 15.0.